The van der Waals surface area contributed by atoms with Gasteiger partial charge in [0.15, 0.2) is 5.82 Å². The van der Waals surface area contributed by atoms with Gasteiger partial charge in [0.25, 0.3) is 5.56 Å². The number of anilines is 1. The summed E-state index contributed by atoms with van der Waals surface area (Å²) < 4.78 is 2.10. The number of carbonyl (C=O) groups is 1. The highest BCUT2D eigenvalue weighted by atomic mass is 16.2. The van der Waals surface area contributed by atoms with E-state index in [1.807, 2.05) is 18.2 Å². The van der Waals surface area contributed by atoms with Gasteiger partial charge in [-0.1, -0.05) is 48.0 Å². The minimum absolute atomic E-state index is 0.224. The zero-order valence-corrected chi connectivity index (χ0v) is 21.1. The van der Waals surface area contributed by atoms with Crippen LogP contribution in [0.1, 0.15) is 43.2 Å². The maximum absolute atomic E-state index is 12.5. The van der Waals surface area contributed by atoms with Gasteiger partial charge in [0.2, 0.25) is 11.9 Å². The summed E-state index contributed by atoms with van der Waals surface area (Å²) in [4.78, 5) is 29.2. The van der Waals surface area contributed by atoms with Gasteiger partial charge in [-0.05, 0) is 44.2 Å². The Bertz CT molecular complexity index is 1480. The summed E-state index contributed by atoms with van der Waals surface area (Å²) in [5.74, 6) is 1.71. The van der Waals surface area contributed by atoms with E-state index < -0.39 is 0 Å². The molecular weight excluding hydrogens is 466 g/mol. The highest BCUT2D eigenvalue weighted by Gasteiger charge is 2.31. The molecule has 6 rings (SSSR count). The quantitative estimate of drug-likeness (QED) is 0.453. The topological polar surface area (TPSA) is 100 Å². The van der Waals surface area contributed by atoms with E-state index in [1.165, 1.54) is 5.56 Å². The van der Waals surface area contributed by atoms with Crippen LogP contribution >= 0.6 is 0 Å². The van der Waals surface area contributed by atoms with E-state index in [0.29, 0.717) is 41.8 Å². The number of H-pyrrole nitrogens is 1. The minimum atomic E-state index is -0.224. The summed E-state index contributed by atoms with van der Waals surface area (Å²) in [5, 5.41) is 17.6. The Morgan fingerprint density at radius 3 is 2.43 bits per heavy atom. The van der Waals surface area contributed by atoms with Crippen molar-refractivity contribution in [2.75, 3.05) is 24.5 Å². The largest absolute Gasteiger partial charge is 0.341 e. The van der Waals surface area contributed by atoms with Gasteiger partial charge in [0.05, 0.1) is 11.9 Å². The van der Waals surface area contributed by atoms with E-state index in [9.17, 15) is 9.59 Å². The fourth-order valence-electron chi connectivity index (χ4n) is 5.60. The summed E-state index contributed by atoms with van der Waals surface area (Å²) in [7, 11) is 0. The van der Waals surface area contributed by atoms with Crippen LogP contribution in [0.25, 0.3) is 22.3 Å². The number of nitrogens with one attached hydrogen (secondary N) is 1. The number of nitrogens with zero attached hydrogens (tertiary/aromatic N) is 6. The van der Waals surface area contributed by atoms with E-state index in [0.717, 1.165) is 62.2 Å². The number of aromatic nitrogens is 5. The predicted molar refractivity (Wildman–Crippen MR) is 142 cm³/mol. The minimum Gasteiger partial charge on any atom is -0.341 e. The van der Waals surface area contributed by atoms with E-state index in [1.54, 1.807) is 6.07 Å². The van der Waals surface area contributed by atoms with Gasteiger partial charge in [-0.15, -0.1) is 10.2 Å². The van der Waals surface area contributed by atoms with E-state index in [2.05, 4.69) is 66.0 Å². The first-order valence-electron chi connectivity index (χ1n) is 13.1. The molecule has 9 heteroatoms. The molecule has 2 aromatic heterocycles. The second kappa shape index (κ2) is 9.80. The van der Waals surface area contributed by atoms with Crippen molar-refractivity contribution < 1.29 is 4.79 Å². The molecule has 0 saturated carbocycles. The van der Waals surface area contributed by atoms with Crippen LogP contribution in [0.2, 0.25) is 0 Å². The molecule has 0 aliphatic carbocycles. The fraction of sp³-hybridized carbons (Fsp3) is 0.393. The lowest BCUT2D eigenvalue weighted by Gasteiger charge is -2.40. The maximum Gasteiger partial charge on any atom is 0.272 e. The molecule has 0 spiro atoms. The molecule has 9 nitrogen and oxygen atoms in total. The molecule has 4 aromatic rings. The Morgan fingerprint density at radius 1 is 0.919 bits per heavy atom. The Labute approximate surface area is 215 Å². The molecule has 2 aliphatic heterocycles. The number of aromatic amines is 1. The highest BCUT2D eigenvalue weighted by molar-refractivity contribution is 5.92. The molecule has 190 valence electrons. The number of hydrogen-bond donors (Lipinski definition) is 1. The third kappa shape index (κ3) is 4.50. The molecule has 0 radical (unpaired) electrons. The molecule has 2 aromatic carbocycles. The average Bonchev–Trinajstić information content (AvgIpc) is 3.34. The normalized spacial score (nSPS) is 17.1. The lowest BCUT2D eigenvalue weighted by molar-refractivity contribution is -0.136. The zero-order chi connectivity index (χ0) is 25.4. The highest BCUT2D eigenvalue weighted by Crippen LogP contribution is 2.30. The number of hydrogen-bond acceptors (Lipinski definition) is 6. The number of benzene rings is 2. The molecule has 2 fully saturated rings. The van der Waals surface area contributed by atoms with Crippen LogP contribution in [0, 0.1) is 6.92 Å². The van der Waals surface area contributed by atoms with Crippen molar-refractivity contribution in [1.82, 2.24) is 29.9 Å². The van der Waals surface area contributed by atoms with Crippen molar-refractivity contribution in [3.63, 3.8) is 0 Å². The van der Waals surface area contributed by atoms with E-state index in [-0.39, 0.29) is 5.56 Å². The van der Waals surface area contributed by atoms with Crippen LogP contribution in [0.4, 0.5) is 5.95 Å². The number of amides is 1. The first-order chi connectivity index (χ1) is 18.1. The summed E-state index contributed by atoms with van der Waals surface area (Å²) in [6, 6.07) is 16.2. The first-order valence-corrected chi connectivity index (χ1v) is 13.1. The number of aryl methyl sites for hydroxylation is 1. The fourth-order valence-corrected chi connectivity index (χ4v) is 5.60. The first kappa shape index (κ1) is 23.4. The summed E-state index contributed by atoms with van der Waals surface area (Å²) in [6.07, 6.45) is 4.61. The van der Waals surface area contributed by atoms with Crippen LogP contribution < -0.4 is 10.5 Å². The SMILES string of the molecule is Cc1ccc(Cn2c(-c3n[nH]c(=O)c4ccccc34)nnc2N2CCC(N3CCCCC3=O)CC2)cc1. The lowest BCUT2D eigenvalue weighted by atomic mass is 10.00. The zero-order valence-electron chi connectivity index (χ0n) is 21.1. The van der Waals surface area contributed by atoms with Crippen LogP contribution in [0.5, 0.6) is 0 Å². The number of fused-ring (bicyclic) bond motifs is 1. The number of piperidine rings is 2. The lowest BCUT2D eigenvalue weighted by Crippen LogP contribution is -2.49. The van der Waals surface area contributed by atoms with Crippen LogP contribution in [0.15, 0.2) is 53.3 Å². The summed E-state index contributed by atoms with van der Waals surface area (Å²) in [5.41, 5.74) is 2.72. The molecule has 4 heterocycles. The molecule has 1 amide bonds. The van der Waals surface area contributed by atoms with Crippen LogP contribution in [0.3, 0.4) is 0 Å². The smallest absolute Gasteiger partial charge is 0.272 e. The van der Waals surface area contributed by atoms with Crippen molar-refractivity contribution in [3.05, 3.63) is 70.0 Å². The molecule has 37 heavy (non-hydrogen) atoms. The van der Waals surface area contributed by atoms with Crippen LogP contribution in [-0.4, -0.2) is 61.4 Å². The second-order valence-corrected chi connectivity index (χ2v) is 10.1. The van der Waals surface area contributed by atoms with Crippen molar-refractivity contribution in [2.24, 2.45) is 0 Å². The number of rotatable bonds is 5. The molecule has 1 N–H and O–H groups in total. The van der Waals surface area contributed by atoms with E-state index >= 15 is 0 Å². The number of likely N-dealkylation sites (tertiary alicyclic amines) is 1. The summed E-state index contributed by atoms with van der Waals surface area (Å²) >= 11 is 0. The third-order valence-electron chi connectivity index (χ3n) is 7.65. The van der Waals surface area contributed by atoms with Gasteiger partial charge in [0, 0.05) is 37.5 Å². The number of carbonyl (C=O) groups excluding carboxylic acids is 1. The molecule has 2 aliphatic rings. The van der Waals surface area contributed by atoms with Crippen molar-refractivity contribution in [3.8, 4) is 11.5 Å². The van der Waals surface area contributed by atoms with Gasteiger partial charge in [-0.3, -0.25) is 14.2 Å². The molecule has 2 saturated heterocycles. The van der Waals surface area contributed by atoms with Crippen molar-refractivity contribution in [1.29, 1.82) is 0 Å². The van der Waals surface area contributed by atoms with Gasteiger partial charge in [-0.25, -0.2) is 5.10 Å². The Hall–Kier alpha value is -4.01. The Kier molecular flexibility index (Phi) is 6.20. The Morgan fingerprint density at radius 2 is 1.68 bits per heavy atom. The molecule has 0 bridgehead atoms. The average molecular weight is 498 g/mol. The maximum atomic E-state index is 12.5. The van der Waals surface area contributed by atoms with Crippen molar-refractivity contribution >= 4 is 22.6 Å². The predicted octanol–water partition coefficient (Wildman–Crippen LogP) is 3.52. The summed E-state index contributed by atoms with van der Waals surface area (Å²) in [6.45, 7) is 5.15. The van der Waals surface area contributed by atoms with Gasteiger partial charge in [-0.2, -0.15) is 5.10 Å². The van der Waals surface area contributed by atoms with Gasteiger partial charge < -0.3 is 9.80 Å². The standard InChI is InChI=1S/C28H31N7O2/c1-19-9-11-20(12-10-19)18-35-26(25-22-6-2-3-7-23(22)27(37)31-29-25)30-32-28(35)33-16-13-21(14-17-33)34-15-5-4-8-24(34)36/h2-3,6-7,9-12,21H,4-5,8,13-18H2,1H3,(H,31,37). The monoisotopic (exact) mass is 497 g/mol. The van der Waals surface area contributed by atoms with Gasteiger partial charge >= 0.3 is 0 Å². The second-order valence-electron chi connectivity index (χ2n) is 10.1. The molecule has 0 atom stereocenters. The Balaban J connectivity index is 1.36. The van der Waals surface area contributed by atoms with Crippen LogP contribution in [-0.2, 0) is 11.3 Å². The van der Waals surface area contributed by atoms with Gasteiger partial charge in [0.1, 0.15) is 5.69 Å². The molecular formula is C28H31N7O2. The van der Waals surface area contributed by atoms with Crippen molar-refractivity contribution in [2.45, 2.75) is 51.6 Å². The van der Waals surface area contributed by atoms with E-state index in [4.69, 9.17) is 0 Å². The third-order valence-corrected chi connectivity index (χ3v) is 7.65. The molecule has 0 unspecified atom stereocenters.